The molecule has 2 aromatic rings. The fourth-order valence-electron chi connectivity index (χ4n) is 1.73. The van der Waals surface area contributed by atoms with Crippen LogP contribution < -0.4 is 10.2 Å². The van der Waals surface area contributed by atoms with Crippen LogP contribution in [0.3, 0.4) is 0 Å². The smallest absolute Gasteiger partial charge is 0.324 e. The molecule has 0 saturated heterocycles. The zero-order valence-electron chi connectivity index (χ0n) is 10.1. The van der Waals surface area contributed by atoms with Gasteiger partial charge in [0, 0.05) is 10.6 Å². The lowest BCUT2D eigenvalue weighted by Crippen LogP contribution is -2.27. The van der Waals surface area contributed by atoms with Gasteiger partial charge in [-0.05, 0) is 17.6 Å². The molecular formula is C14H14BClO2. The van der Waals surface area contributed by atoms with Crippen LogP contribution in [0.1, 0.15) is 5.56 Å². The zero-order chi connectivity index (χ0) is 13.0. The molecule has 0 aliphatic carbocycles. The molecule has 0 atom stereocenters. The highest BCUT2D eigenvalue weighted by atomic mass is 35.5. The molecule has 2 rings (SSSR count). The number of ether oxygens (including phenoxy) is 1. The van der Waals surface area contributed by atoms with Crippen LogP contribution in [-0.4, -0.2) is 11.9 Å². The largest absolute Gasteiger partial charge is 0.489 e. The Morgan fingerprint density at radius 2 is 1.78 bits per heavy atom. The molecule has 1 N–H and O–H groups in total. The standard InChI is InChI=1S/C14H14BClO2/c1-15(17)12-7-3-5-9-14(12)18-10-11-6-2-4-8-13(11)16/h2-9,17H,10H2,1H3. The Morgan fingerprint density at radius 3 is 2.50 bits per heavy atom. The molecule has 0 unspecified atom stereocenters. The molecule has 92 valence electrons. The molecule has 0 saturated carbocycles. The maximum Gasteiger partial charge on any atom is 0.324 e. The number of hydrogen-bond donors (Lipinski definition) is 1. The van der Waals surface area contributed by atoms with E-state index in [1.54, 1.807) is 6.82 Å². The molecule has 0 bridgehead atoms. The van der Waals surface area contributed by atoms with Gasteiger partial charge in [-0.3, -0.25) is 0 Å². The van der Waals surface area contributed by atoms with Gasteiger partial charge in [-0.25, -0.2) is 0 Å². The Bertz CT molecular complexity index is 529. The van der Waals surface area contributed by atoms with Crippen LogP contribution >= 0.6 is 11.6 Å². The lowest BCUT2D eigenvalue weighted by Gasteiger charge is -2.12. The van der Waals surface area contributed by atoms with E-state index in [2.05, 4.69) is 0 Å². The molecule has 0 aliphatic heterocycles. The zero-order valence-corrected chi connectivity index (χ0v) is 10.9. The Balaban J connectivity index is 2.14. The van der Waals surface area contributed by atoms with E-state index in [4.69, 9.17) is 16.3 Å². The third-order valence-corrected chi connectivity index (χ3v) is 3.08. The maximum atomic E-state index is 9.65. The van der Waals surface area contributed by atoms with E-state index in [0.717, 1.165) is 11.0 Å². The fourth-order valence-corrected chi connectivity index (χ4v) is 1.92. The van der Waals surface area contributed by atoms with Crippen molar-refractivity contribution in [1.29, 1.82) is 0 Å². The van der Waals surface area contributed by atoms with Gasteiger partial charge in [-0.1, -0.05) is 54.8 Å². The van der Waals surface area contributed by atoms with Gasteiger partial charge in [0.25, 0.3) is 0 Å². The Hall–Kier alpha value is -1.45. The number of halogens is 1. The van der Waals surface area contributed by atoms with E-state index in [-0.39, 0.29) is 0 Å². The summed E-state index contributed by atoms with van der Waals surface area (Å²) in [5.41, 5.74) is 1.71. The summed E-state index contributed by atoms with van der Waals surface area (Å²) in [6.07, 6.45) is 0. The normalized spacial score (nSPS) is 10.2. The van der Waals surface area contributed by atoms with E-state index in [1.807, 2.05) is 48.5 Å². The van der Waals surface area contributed by atoms with Crippen LogP contribution in [0.25, 0.3) is 0 Å². The average molecular weight is 261 g/mol. The molecule has 0 amide bonds. The highest BCUT2D eigenvalue weighted by Crippen LogP contribution is 2.17. The van der Waals surface area contributed by atoms with Crippen molar-refractivity contribution in [3.05, 3.63) is 59.1 Å². The van der Waals surface area contributed by atoms with Crippen molar-refractivity contribution in [3.63, 3.8) is 0 Å². The summed E-state index contributed by atoms with van der Waals surface area (Å²) in [5.74, 6) is 0.687. The molecule has 0 spiro atoms. The Kier molecular flexibility index (Phi) is 4.29. The van der Waals surface area contributed by atoms with Gasteiger partial charge in [0.1, 0.15) is 12.4 Å². The van der Waals surface area contributed by atoms with Crippen LogP contribution in [0, 0.1) is 0 Å². The quantitative estimate of drug-likeness (QED) is 0.857. The maximum absolute atomic E-state index is 9.65. The van der Waals surface area contributed by atoms with Gasteiger partial charge >= 0.3 is 6.92 Å². The molecule has 0 aliphatic rings. The van der Waals surface area contributed by atoms with Crippen molar-refractivity contribution >= 4 is 24.0 Å². The third kappa shape index (κ3) is 3.06. The first-order valence-corrected chi connectivity index (χ1v) is 6.19. The van der Waals surface area contributed by atoms with Gasteiger partial charge in [-0.15, -0.1) is 0 Å². The van der Waals surface area contributed by atoms with Crippen molar-refractivity contribution in [1.82, 2.24) is 0 Å². The number of para-hydroxylation sites is 1. The molecule has 0 aromatic heterocycles. The fraction of sp³-hybridized carbons (Fsp3) is 0.143. The predicted molar refractivity (Wildman–Crippen MR) is 75.7 cm³/mol. The molecule has 2 aromatic carbocycles. The van der Waals surface area contributed by atoms with Gasteiger partial charge in [0.2, 0.25) is 0 Å². The lowest BCUT2D eigenvalue weighted by molar-refractivity contribution is 0.308. The van der Waals surface area contributed by atoms with E-state index in [0.29, 0.717) is 17.4 Å². The summed E-state index contributed by atoms with van der Waals surface area (Å²) in [6.45, 7) is 1.56. The molecular weight excluding hydrogens is 246 g/mol. The predicted octanol–water partition coefficient (Wildman–Crippen LogP) is 2.74. The average Bonchev–Trinajstić information content (AvgIpc) is 2.38. The van der Waals surface area contributed by atoms with E-state index in [1.165, 1.54) is 0 Å². The number of rotatable bonds is 4. The van der Waals surface area contributed by atoms with Crippen molar-refractivity contribution < 1.29 is 9.76 Å². The summed E-state index contributed by atoms with van der Waals surface area (Å²) < 4.78 is 5.72. The summed E-state index contributed by atoms with van der Waals surface area (Å²) in [7, 11) is 0. The van der Waals surface area contributed by atoms with Crippen molar-refractivity contribution in [2.24, 2.45) is 0 Å². The van der Waals surface area contributed by atoms with Gasteiger partial charge in [0.15, 0.2) is 0 Å². The first kappa shape index (κ1) is 13.0. The second-order valence-corrected chi connectivity index (χ2v) is 4.50. The van der Waals surface area contributed by atoms with E-state index >= 15 is 0 Å². The third-order valence-electron chi connectivity index (χ3n) is 2.71. The summed E-state index contributed by atoms with van der Waals surface area (Å²) in [5, 5.41) is 10.3. The molecule has 18 heavy (non-hydrogen) atoms. The minimum absolute atomic E-state index is 0.392. The Morgan fingerprint density at radius 1 is 1.11 bits per heavy atom. The van der Waals surface area contributed by atoms with Crippen LogP contribution in [0.4, 0.5) is 0 Å². The molecule has 0 fully saturated rings. The molecule has 0 radical (unpaired) electrons. The van der Waals surface area contributed by atoms with Gasteiger partial charge < -0.3 is 9.76 Å². The van der Waals surface area contributed by atoms with E-state index in [9.17, 15) is 5.02 Å². The van der Waals surface area contributed by atoms with E-state index < -0.39 is 6.92 Å². The monoisotopic (exact) mass is 260 g/mol. The second-order valence-electron chi connectivity index (χ2n) is 4.09. The van der Waals surface area contributed by atoms with Crippen LogP contribution in [-0.2, 0) is 6.61 Å². The lowest BCUT2D eigenvalue weighted by atomic mass is 9.64. The first-order chi connectivity index (χ1) is 8.68. The van der Waals surface area contributed by atoms with Crippen LogP contribution in [0.5, 0.6) is 5.75 Å². The van der Waals surface area contributed by atoms with Crippen LogP contribution in [0.15, 0.2) is 48.5 Å². The van der Waals surface area contributed by atoms with Crippen molar-refractivity contribution in [3.8, 4) is 5.75 Å². The second kappa shape index (κ2) is 5.94. The SMILES string of the molecule is CB(O)c1ccccc1OCc1ccccc1Cl. The van der Waals surface area contributed by atoms with Gasteiger partial charge in [0.05, 0.1) is 0 Å². The molecule has 4 heteroatoms. The minimum atomic E-state index is -0.549. The minimum Gasteiger partial charge on any atom is -0.489 e. The number of benzene rings is 2. The Labute approximate surface area is 112 Å². The molecule has 2 nitrogen and oxygen atoms in total. The summed E-state index contributed by atoms with van der Waals surface area (Å²) in [4.78, 5) is 0. The number of hydrogen-bond acceptors (Lipinski definition) is 2. The summed E-state index contributed by atoms with van der Waals surface area (Å²) in [6, 6.07) is 15.0. The summed E-state index contributed by atoms with van der Waals surface area (Å²) >= 11 is 6.06. The molecule has 0 heterocycles. The highest BCUT2D eigenvalue weighted by molar-refractivity contribution is 6.65. The first-order valence-electron chi connectivity index (χ1n) is 5.81. The van der Waals surface area contributed by atoms with Crippen molar-refractivity contribution in [2.75, 3.05) is 0 Å². The van der Waals surface area contributed by atoms with Crippen LogP contribution in [0.2, 0.25) is 11.8 Å². The van der Waals surface area contributed by atoms with Crippen molar-refractivity contribution in [2.45, 2.75) is 13.4 Å². The topological polar surface area (TPSA) is 29.5 Å². The van der Waals surface area contributed by atoms with Gasteiger partial charge in [-0.2, -0.15) is 0 Å². The highest BCUT2D eigenvalue weighted by Gasteiger charge is 2.12.